The first-order valence-corrected chi connectivity index (χ1v) is 6.97. The predicted octanol–water partition coefficient (Wildman–Crippen LogP) is 2.04. The molecule has 7 heteroatoms. The Balaban J connectivity index is 2.52. The second kappa shape index (κ2) is 4.46. The molecule has 2 aromatic rings. The van der Waals surface area contributed by atoms with Crippen molar-refractivity contribution in [3.8, 4) is 0 Å². The average molecular weight is 272 g/mol. The van der Waals surface area contributed by atoms with Gasteiger partial charge in [0, 0.05) is 0 Å². The van der Waals surface area contributed by atoms with E-state index in [1.54, 1.807) is 18.2 Å². The van der Waals surface area contributed by atoms with Gasteiger partial charge in [-0.25, -0.2) is 18.4 Å². The Morgan fingerprint density at radius 2 is 1.82 bits per heavy atom. The number of hydrogen-bond donors (Lipinski definition) is 1. The minimum absolute atomic E-state index is 0.0423. The van der Waals surface area contributed by atoms with Gasteiger partial charge in [-0.3, -0.25) is 4.72 Å². The summed E-state index contributed by atoms with van der Waals surface area (Å²) in [5.41, 5.74) is 1.21. The van der Waals surface area contributed by atoms with Crippen LogP contribution in [-0.4, -0.2) is 24.1 Å². The summed E-state index contributed by atoms with van der Waals surface area (Å²) in [6.45, 7) is 1.53. The molecular weight excluding hydrogens is 262 g/mol. The molecule has 0 aliphatic rings. The van der Waals surface area contributed by atoms with E-state index in [1.807, 2.05) is 6.07 Å². The molecule has 0 fully saturated rings. The van der Waals surface area contributed by atoms with Crippen LogP contribution in [0.1, 0.15) is 6.92 Å². The molecule has 0 bridgehead atoms. The van der Waals surface area contributed by atoms with E-state index < -0.39 is 10.0 Å². The molecule has 0 saturated heterocycles. The maximum Gasteiger partial charge on any atom is 0.233 e. The molecule has 5 nitrogen and oxygen atoms in total. The van der Waals surface area contributed by atoms with Gasteiger partial charge in [0.05, 0.1) is 16.8 Å². The van der Waals surface area contributed by atoms with Gasteiger partial charge in [-0.1, -0.05) is 23.7 Å². The summed E-state index contributed by atoms with van der Waals surface area (Å²) < 4.78 is 25.1. The fourth-order valence-electron chi connectivity index (χ4n) is 1.26. The maximum absolute atomic E-state index is 11.4. The molecule has 17 heavy (non-hydrogen) atoms. The van der Waals surface area contributed by atoms with Gasteiger partial charge in [-0.2, -0.15) is 0 Å². The van der Waals surface area contributed by atoms with Crippen molar-refractivity contribution in [2.75, 3.05) is 10.5 Å². The van der Waals surface area contributed by atoms with Gasteiger partial charge in [0.1, 0.15) is 0 Å². The third-order valence-electron chi connectivity index (χ3n) is 2.16. The van der Waals surface area contributed by atoms with E-state index in [0.29, 0.717) is 11.0 Å². The van der Waals surface area contributed by atoms with E-state index in [2.05, 4.69) is 14.7 Å². The number of aromatic nitrogens is 2. The van der Waals surface area contributed by atoms with E-state index in [9.17, 15) is 8.42 Å². The first-order valence-electron chi connectivity index (χ1n) is 4.94. The standard InChI is InChI=1S/C10H10ClN3O2S/c1-2-17(15,16)14-10-9(11)12-7-5-3-4-6-8(7)13-10/h3-6H,2H2,1H3,(H,13,14). The highest BCUT2D eigenvalue weighted by Crippen LogP contribution is 2.21. The number of benzene rings is 1. The molecule has 0 radical (unpaired) electrons. The monoisotopic (exact) mass is 271 g/mol. The van der Waals surface area contributed by atoms with Crippen molar-refractivity contribution in [1.29, 1.82) is 0 Å². The molecule has 0 unspecified atom stereocenters. The van der Waals surface area contributed by atoms with Crippen LogP contribution < -0.4 is 4.72 Å². The molecule has 0 saturated carbocycles. The Morgan fingerprint density at radius 3 is 2.41 bits per heavy atom. The van der Waals surface area contributed by atoms with Gasteiger partial charge < -0.3 is 0 Å². The Hall–Kier alpha value is -1.40. The van der Waals surface area contributed by atoms with Crippen LogP contribution in [0.4, 0.5) is 5.82 Å². The van der Waals surface area contributed by atoms with E-state index in [0.717, 1.165) is 0 Å². The van der Waals surface area contributed by atoms with Crippen molar-refractivity contribution in [3.05, 3.63) is 29.4 Å². The molecule has 0 spiro atoms. The lowest BCUT2D eigenvalue weighted by molar-refractivity contribution is 0.602. The largest absolute Gasteiger partial charge is 0.265 e. The Morgan fingerprint density at radius 1 is 1.24 bits per heavy atom. The molecule has 0 atom stereocenters. The fourth-order valence-corrected chi connectivity index (χ4v) is 2.08. The molecule has 90 valence electrons. The zero-order chi connectivity index (χ0) is 12.5. The topological polar surface area (TPSA) is 72.0 Å². The molecule has 1 aromatic heterocycles. The zero-order valence-electron chi connectivity index (χ0n) is 9.01. The summed E-state index contributed by atoms with van der Waals surface area (Å²) in [6.07, 6.45) is 0. The summed E-state index contributed by atoms with van der Waals surface area (Å²) in [7, 11) is -3.40. The van der Waals surface area contributed by atoms with Gasteiger partial charge in [-0.15, -0.1) is 0 Å². The second-order valence-electron chi connectivity index (χ2n) is 3.36. The lowest BCUT2D eigenvalue weighted by atomic mass is 10.3. The SMILES string of the molecule is CCS(=O)(=O)Nc1nc2ccccc2nc1Cl. The third kappa shape index (κ3) is 2.65. The minimum atomic E-state index is -3.40. The van der Waals surface area contributed by atoms with Crippen LogP contribution in [0.5, 0.6) is 0 Å². The maximum atomic E-state index is 11.4. The van der Waals surface area contributed by atoms with Crippen molar-refractivity contribution >= 4 is 38.5 Å². The highest BCUT2D eigenvalue weighted by molar-refractivity contribution is 7.92. The van der Waals surface area contributed by atoms with E-state index in [1.165, 1.54) is 6.92 Å². The normalized spacial score (nSPS) is 11.6. The number of sulfonamides is 1. The lowest BCUT2D eigenvalue weighted by Gasteiger charge is -2.07. The zero-order valence-corrected chi connectivity index (χ0v) is 10.6. The predicted molar refractivity (Wildman–Crippen MR) is 67.6 cm³/mol. The first kappa shape index (κ1) is 12.1. The minimum Gasteiger partial charge on any atom is -0.265 e. The highest BCUT2D eigenvalue weighted by Gasteiger charge is 2.12. The van der Waals surface area contributed by atoms with Gasteiger partial charge in [0.2, 0.25) is 10.0 Å². The van der Waals surface area contributed by atoms with Crippen LogP contribution >= 0.6 is 11.6 Å². The summed E-state index contributed by atoms with van der Waals surface area (Å²) >= 11 is 5.87. The number of anilines is 1. The molecule has 0 amide bonds. The highest BCUT2D eigenvalue weighted by atomic mass is 35.5. The van der Waals surface area contributed by atoms with Crippen LogP contribution in [0, 0.1) is 0 Å². The number of para-hydroxylation sites is 2. The molecular formula is C10H10ClN3O2S. The molecule has 2 rings (SSSR count). The van der Waals surface area contributed by atoms with Crippen LogP contribution in [0.25, 0.3) is 11.0 Å². The van der Waals surface area contributed by atoms with E-state index >= 15 is 0 Å². The Kier molecular flexibility index (Phi) is 3.17. The first-order chi connectivity index (χ1) is 8.02. The van der Waals surface area contributed by atoms with Crippen molar-refractivity contribution in [2.45, 2.75) is 6.92 Å². The molecule has 0 aliphatic heterocycles. The summed E-state index contributed by atoms with van der Waals surface area (Å²) in [4.78, 5) is 8.19. The smallest absolute Gasteiger partial charge is 0.233 e. The van der Waals surface area contributed by atoms with Gasteiger partial charge >= 0.3 is 0 Å². The summed E-state index contributed by atoms with van der Waals surface area (Å²) in [5, 5.41) is 0.0423. The number of nitrogens with zero attached hydrogens (tertiary/aromatic N) is 2. The van der Waals surface area contributed by atoms with Crippen molar-refractivity contribution in [1.82, 2.24) is 9.97 Å². The number of halogens is 1. The molecule has 1 heterocycles. The second-order valence-corrected chi connectivity index (χ2v) is 5.73. The molecule has 0 aliphatic carbocycles. The number of nitrogens with one attached hydrogen (secondary N) is 1. The lowest BCUT2D eigenvalue weighted by Crippen LogP contribution is -2.16. The molecule has 1 N–H and O–H groups in total. The van der Waals surface area contributed by atoms with E-state index in [4.69, 9.17) is 11.6 Å². The number of rotatable bonds is 3. The van der Waals surface area contributed by atoms with Crippen molar-refractivity contribution in [2.24, 2.45) is 0 Å². The fraction of sp³-hybridized carbons (Fsp3) is 0.200. The third-order valence-corrected chi connectivity index (χ3v) is 3.69. The quantitative estimate of drug-likeness (QED) is 0.927. The Labute approximate surface area is 104 Å². The van der Waals surface area contributed by atoms with Crippen LogP contribution in [0.3, 0.4) is 0 Å². The van der Waals surface area contributed by atoms with Gasteiger partial charge in [0.15, 0.2) is 11.0 Å². The average Bonchev–Trinajstić information content (AvgIpc) is 2.30. The summed E-state index contributed by atoms with van der Waals surface area (Å²) in [5.74, 6) is 0.0184. The van der Waals surface area contributed by atoms with Crippen LogP contribution in [0.15, 0.2) is 24.3 Å². The summed E-state index contributed by atoms with van der Waals surface area (Å²) in [6, 6.07) is 7.10. The number of fused-ring (bicyclic) bond motifs is 1. The number of hydrogen-bond acceptors (Lipinski definition) is 4. The van der Waals surface area contributed by atoms with Crippen molar-refractivity contribution < 1.29 is 8.42 Å². The van der Waals surface area contributed by atoms with E-state index in [-0.39, 0.29) is 16.7 Å². The molecule has 1 aromatic carbocycles. The van der Waals surface area contributed by atoms with Crippen LogP contribution in [0.2, 0.25) is 5.15 Å². The Bertz CT molecular complexity index is 658. The van der Waals surface area contributed by atoms with Gasteiger partial charge in [-0.05, 0) is 19.1 Å². The van der Waals surface area contributed by atoms with Crippen molar-refractivity contribution in [3.63, 3.8) is 0 Å². The van der Waals surface area contributed by atoms with Gasteiger partial charge in [0.25, 0.3) is 0 Å². The van der Waals surface area contributed by atoms with Crippen LogP contribution in [-0.2, 0) is 10.0 Å².